The summed E-state index contributed by atoms with van der Waals surface area (Å²) in [6.07, 6.45) is 8.95. The van der Waals surface area contributed by atoms with Gasteiger partial charge < -0.3 is 10.4 Å². The van der Waals surface area contributed by atoms with Gasteiger partial charge in [-0.15, -0.1) is 0 Å². The first kappa shape index (κ1) is 14.3. The first-order valence-corrected chi connectivity index (χ1v) is 7.91. The van der Waals surface area contributed by atoms with Crippen molar-refractivity contribution in [2.45, 2.75) is 64.0 Å². The van der Waals surface area contributed by atoms with Gasteiger partial charge >= 0.3 is 0 Å². The molecule has 1 saturated carbocycles. The van der Waals surface area contributed by atoms with E-state index in [0.717, 1.165) is 32.0 Å². The predicted octanol–water partition coefficient (Wildman–Crippen LogP) is 2.00. The van der Waals surface area contributed by atoms with E-state index in [-0.39, 0.29) is 6.10 Å². The molecule has 1 heterocycles. The molecule has 0 aromatic heterocycles. The van der Waals surface area contributed by atoms with Gasteiger partial charge in [-0.05, 0) is 38.3 Å². The van der Waals surface area contributed by atoms with Crippen LogP contribution in [0, 0.1) is 5.92 Å². The normalized spacial score (nSPS) is 27.2. The van der Waals surface area contributed by atoms with Crippen LogP contribution < -0.4 is 5.32 Å². The third-order valence-electron chi connectivity index (χ3n) is 4.64. The summed E-state index contributed by atoms with van der Waals surface area (Å²) in [7, 11) is 0. The van der Waals surface area contributed by atoms with E-state index < -0.39 is 0 Å². The van der Waals surface area contributed by atoms with Crippen molar-refractivity contribution in [3.05, 3.63) is 0 Å². The Bertz CT molecular complexity index is 223. The zero-order valence-corrected chi connectivity index (χ0v) is 11.9. The van der Waals surface area contributed by atoms with Crippen LogP contribution in [-0.4, -0.2) is 48.3 Å². The van der Waals surface area contributed by atoms with Crippen molar-refractivity contribution in [1.29, 1.82) is 0 Å². The third kappa shape index (κ3) is 4.52. The lowest BCUT2D eigenvalue weighted by Crippen LogP contribution is -2.41. The Balaban J connectivity index is 1.67. The summed E-state index contributed by atoms with van der Waals surface area (Å²) in [6, 6.07) is 0.656. The first-order valence-electron chi connectivity index (χ1n) is 7.91. The molecule has 1 aliphatic carbocycles. The van der Waals surface area contributed by atoms with Crippen molar-refractivity contribution < 1.29 is 5.11 Å². The smallest absolute Gasteiger partial charge is 0.0669 e. The standard InChI is InChI=1S/C15H30N2O/c1-2-17(11-14-8-5-9-16-14)12-15(18)10-13-6-3-4-7-13/h13-16,18H,2-12H2,1H3. The van der Waals surface area contributed by atoms with Crippen LogP contribution in [0.4, 0.5) is 0 Å². The minimum atomic E-state index is -0.116. The molecule has 0 aromatic rings. The second-order valence-electron chi connectivity index (χ2n) is 6.19. The number of hydrogen-bond acceptors (Lipinski definition) is 3. The fourth-order valence-corrected chi connectivity index (χ4v) is 3.56. The van der Waals surface area contributed by atoms with Gasteiger partial charge in [0, 0.05) is 19.1 Å². The van der Waals surface area contributed by atoms with E-state index in [1.54, 1.807) is 0 Å². The molecular weight excluding hydrogens is 224 g/mol. The number of aliphatic hydroxyl groups is 1. The molecule has 3 nitrogen and oxygen atoms in total. The highest BCUT2D eigenvalue weighted by Crippen LogP contribution is 2.28. The van der Waals surface area contributed by atoms with Crippen molar-refractivity contribution in [1.82, 2.24) is 10.2 Å². The zero-order valence-electron chi connectivity index (χ0n) is 11.9. The van der Waals surface area contributed by atoms with Gasteiger partial charge in [-0.2, -0.15) is 0 Å². The fourth-order valence-electron chi connectivity index (χ4n) is 3.56. The van der Waals surface area contributed by atoms with Gasteiger partial charge in [-0.25, -0.2) is 0 Å². The first-order chi connectivity index (χ1) is 8.78. The molecule has 0 spiro atoms. The molecule has 0 aromatic carbocycles. The van der Waals surface area contributed by atoms with Gasteiger partial charge in [0.05, 0.1) is 6.10 Å². The molecule has 18 heavy (non-hydrogen) atoms. The van der Waals surface area contributed by atoms with E-state index in [2.05, 4.69) is 17.1 Å². The number of nitrogens with zero attached hydrogens (tertiary/aromatic N) is 1. The minimum absolute atomic E-state index is 0.116. The van der Waals surface area contributed by atoms with Crippen LogP contribution in [0.2, 0.25) is 0 Å². The van der Waals surface area contributed by atoms with E-state index in [1.807, 2.05) is 0 Å². The summed E-state index contributed by atoms with van der Waals surface area (Å²) in [6.45, 7) is 6.41. The van der Waals surface area contributed by atoms with Gasteiger partial charge in [0.15, 0.2) is 0 Å². The number of aliphatic hydroxyl groups excluding tert-OH is 1. The molecule has 0 bridgehead atoms. The van der Waals surface area contributed by atoms with Crippen LogP contribution >= 0.6 is 0 Å². The molecular formula is C15H30N2O. The SMILES string of the molecule is CCN(CC(O)CC1CCCC1)CC1CCCN1. The maximum atomic E-state index is 10.2. The predicted molar refractivity (Wildman–Crippen MR) is 75.7 cm³/mol. The largest absolute Gasteiger partial charge is 0.392 e. The Kier molecular flexibility index (Phi) is 5.93. The molecule has 1 aliphatic heterocycles. The number of hydrogen-bond donors (Lipinski definition) is 2. The number of likely N-dealkylation sites (N-methyl/N-ethyl adjacent to an activating group) is 1. The summed E-state index contributed by atoms with van der Waals surface area (Å²) >= 11 is 0. The number of nitrogens with one attached hydrogen (secondary N) is 1. The van der Waals surface area contributed by atoms with E-state index in [9.17, 15) is 5.11 Å². The second-order valence-corrected chi connectivity index (χ2v) is 6.19. The summed E-state index contributed by atoms with van der Waals surface area (Å²) in [4.78, 5) is 2.42. The lowest BCUT2D eigenvalue weighted by Gasteiger charge is -2.27. The van der Waals surface area contributed by atoms with Crippen LogP contribution in [0.25, 0.3) is 0 Å². The maximum absolute atomic E-state index is 10.2. The average Bonchev–Trinajstić information content (AvgIpc) is 3.01. The van der Waals surface area contributed by atoms with E-state index in [4.69, 9.17) is 0 Å². The fraction of sp³-hybridized carbons (Fsp3) is 1.00. The Hall–Kier alpha value is -0.120. The Morgan fingerprint density at radius 1 is 1.22 bits per heavy atom. The highest BCUT2D eigenvalue weighted by Gasteiger charge is 2.22. The second kappa shape index (κ2) is 7.46. The average molecular weight is 254 g/mol. The zero-order chi connectivity index (χ0) is 12.8. The van der Waals surface area contributed by atoms with Crippen molar-refractivity contribution in [3.8, 4) is 0 Å². The molecule has 0 radical (unpaired) electrons. The molecule has 2 N–H and O–H groups in total. The summed E-state index contributed by atoms with van der Waals surface area (Å²) in [5.74, 6) is 0.795. The van der Waals surface area contributed by atoms with E-state index >= 15 is 0 Å². The van der Waals surface area contributed by atoms with Gasteiger partial charge in [0.2, 0.25) is 0 Å². The summed E-state index contributed by atoms with van der Waals surface area (Å²) < 4.78 is 0. The molecule has 2 fully saturated rings. The van der Waals surface area contributed by atoms with Crippen LogP contribution in [0.15, 0.2) is 0 Å². The van der Waals surface area contributed by atoms with Gasteiger partial charge in [-0.3, -0.25) is 4.90 Å². The Morgan fingerprint density at radius 3 is 2.61 bits per heavy atom. The van der Waals surface area contributed by atoms with Crippen LogP contribution in [0.5, 0.6) is 0 Å². The molecule has 1 saturated heterocycles. The van der Waals surface area contributed by atoms with Crippen molar-refractivity contribution >= 4 is 0 Å². The molecule has 106 valence electrons. The van der Waals surface area contributed by atoms with Gasteiger partial charge in [0.25, 0.3) is 0 Å². The molecule has 3 heteroatoms. The van der Waals surface area contributed by atoms with Crippen molar-refractivity contribution in [2.75, 3.05) is 26.2 Å². The third-order valence-corrected chi connectivity index (χ3v) is 4.64. The molecule has 2 atom stereocenters. The molecule has 0 amide bonds. The lowest BCUT2D eigenvalue weighted by atomic mass is 9.99. The van der Waals surface area contributed by atoms with E-state index in [1.165, 1.54) is 45.1 Å². The summed E-state index contributed by atoms with van der Waals surface area (Å²) in [5, 5.41) is 13.8. The monoisotopic (exact) mass is 254 g/mol. The quantitative estimate of drug-likeness (QED) is 0.729. The van der Waals surface area contributed by atoms with Crippen molar-refractivity contribution in [3.63, 3.8) is 0 Å². The molecule has 2 aliphatic rings. The number of rotatable bonds is 7. The summed E-state index contributed by atoms with van der Waals surface area (Å²) in [5.41, 5.74) is 0. The van der Waals surface area contributed by atoms with Crippen LogP contribution in [-0.2, 0) is 0 Å². The highest BCUT2D eigenvalue weighted by molar-refractivity contribution is 4.79. The topological polar surface area (TPSA) is 35.5 Å². The lowest BCUT2D eigenvalue weighted by molar-refractivity contribution is 0.0898. The molecule has 2 rings (SSSR count). The van der Waals surface area contributed by atoms with Gasteiger partial charge in [0.1, 0.15) is 0 Å². The molecule has 2 unspecified atom stereocenters. The maximum Gasteiger partial charge on any atom is 0.0669 e. The van der Waals surface area contributed by atoms with E-state index in [0.29, 0.717) is 6.04 Å². The Morgan fingerprint density at radius 2 is 2.00 bits per heavy atom. The van der Waals surface area contributed by atoms with Crippen LogP contribution in [0.3, 0.4) is 0 Å². The van der Waals surface area contributed by atoms with Crippen LogP contribution in [0.1, 0.15) is 51.9 Å². The minimum Gasteiger partial charge on any atom is -0.392 e. The van der Waals surface area contributed by atoms with Crippen molar-refractivity contribution in [2.24, 2.45) is 5.92 Å². The van der Waals surface area contributed by atoms with Gasteiger partial charge in [-0.1, -0.05) is 32.6 Å². The Labute approximate surface area is 112 Å². The highest BCUT2D eigenvalue weighted by atomic mass is 16.3.